The van der Waals surface area contributed by atoms with Gasteiger partial charge in [0.1, 0.15) is 6.04 Å². The Kier molecular flexibility index (Phi) is 4.54. The lowest BCUT2D eigenvalue weighted by Crippen LogP contribution is -2.47. The van der Waals surface area contributed by atoms with Gasteiger partial charge in [0.25, 0.3) is 0 Å². The zero-order valence-electron chi connectivity index (χ0n) is 11.6. The van der Waals surface area contributed by atoms with Gasteiger partial charge in [0.2, 0.25) is 0 Å². The Bertz CT molecular complexity index is 504. The second-order valence-corrected chi connectivity index (χ2v) is 5.95. The van der Waals surface area contributed by atoms with Crippen LogP contribution in [-0.2, 0) is 11.3 Å². The summed E-state index contributed by atoms with van der Waals surface area (Å²) in [5, 5.41) is 9.11. The zero-order valence-corrected chi connectivity index (χ0v) is 12.4. The highest BCUT2D eigenvalue weighted by Crippen LogP contribution is 2.22. The van der Waals surface area contributed by atoms with Crippen LogP contribution in [0.2, 0.25) is 0 Å². The van der Waals surface area contributed by atoms with Gasteiger partial charge >= 0.3 is 12.0 Å². The molecule has 0 saturated carbocycles. The van der Waals surface area contributed by atoms with Gasteiger partial charge in [-0.25, -0.2) is 9.59 Å². The fourth-order valence-electron chi connectivity index (χ4n) is 2.09. The van der Waals surface area contributed by atoms with Gasteiger partial charge in [-0.3, -0.25) is 0 Å². The van der Waals surface area contributed by atoms with Crippen molar-refractivity contribution in [3.8, 4) is 0 Å². The average molecular weight is 294 g/mol. The highest BCUT2D eigenvalue weighted by molar-refractivity contribution is 7.99. The molecule has 1 aliphatic heterocycles. The molecule has 0 spiro atoms. The summed E-state index contributed by atoms with van der Waals surface area (Å²) in [5.74, 6) is -0.0416. The van der Waals surface area contributed by atoms with Crippen LogP contribution in [0, 0.1) is 6.92 Å². The van der Waals surface area contributed by atoms with Gasteiger partial charge < -0.3 is 14.9 Å². The van der Waals surface area contributed by atoms with Crippen LogP contribution in [-0.4, -0.2) is 51.6 Å². The van der Waals surface area contributed by atoms with E-state index in [0.29, 0.717) is 18.2 Å². The Morgan fingerprint density at radius 2 is 2.05 bits per heavy atom. The van der Waals surface area contributed by atoms with Crippen molar-refractivity contribution in [2.45, 2.75) is 19.5 Å². The number of benzene rings is 1. The van der Waals surface area contributed by atoms with E-state index in [2.05, 4.69) is 0 Å². The lowest BCUT2D eigenvalue weighted by Gasteiger charge is -2.27. The molecule has 1 atom stereocenters. The number of aryl methyl sites for hydroxylation is 1. The first-order chi connectivity index (χ1) is 9.49. The SMILES string of the molecule is Cc1ccc(CN(C)C(=O)N2CSC[C@H]2C(=O)O)cc1. The number of hydrogen-bond acceptors (Lipinski definition) is 3. The summed E-state index contributed by atoms with van der Waals surface area (Å²) in [6, 6.07) is 7.01. The second kappa shape index (κ2) is 6.17. The monoisotopic (exact) mass is 294 g/mol. The molecule has 108 valence electrons. The van der Waals surface area contributed by atoms with Gasteiger partial charge in [-0.15, -0.1) is 11.8 Å². The third-order valence-electron chi connectivity index (χ3n) is 3.28. The predicted molar refractivity (Wildman–Crippen MR) is 78.6 cm³/mol. The number of carboxylic acids is 1. The number of urea groups is 1. The number of nitrogens with zero attached hydrogens (tertiary/aromatic N) is 2. The van der Waals surface area contributed by atoms with Crippen molar-refractivity contribution in [3.05, 3.63) is 35.4 Å². The fourth-order valence-corrected chi connectivity index (χ4v) is 3.23. The van der Waals surface area contributed by atoms with E-state index in [0.717, 1.165) is 5.56 Å². The van der Waals surface area contributed by atoms with E-state index in [1.165, 1.54) is 22.2 Å². The van der Waals surface area contributed by atoms with Crippen molar-refractivity contribution < 1.29 is 14.7 Å². The Labute approximate surface area is 122 Å². The quantitative estimate of drug-likeness (QED) is 0.926. The number of carboxylic acid groups (broad SMARTS) is 1. The number of carbonyl (C=O) groups is 2. The molecule has 0 radical (unpaired) electrons. The summed E-state index contributed by atoms with van der Waals surface area (Å²) in [4.78, 5) is 26.4. The first kappa shape index (κ1) is 14.7. The lowest BCUT2D eigenvalue weighted by atomic mass is 10.1. The van der Waals surface area contributed by atoms with E-state index in [4.69, 9.17) is 5.11 Å². The van der Waals surface area contributed by atoms with E-state index in [1.807, 2.05) is 31.2 Å². The van der Waals surface area contributed by atoms with Crippen molar-refractivity contribution in [2.75, 3.05) is 18.7 Å². The molecule has 1 fully saturated rings. The number of rotatable bonds is 3. The van der Waals surface area contributed by atoms with Crippen LogP contribution >= 0.6 is 11.8 Å². The van der Waals surface area contributed by atoms with Crippen LogP contribution in [0.15, 0.2) is 24.3 Å². The minimum atomic E-state index is -0.938. The van der Waals surface area contributed by atoms with Crippen LogP contribution in [0.4, 0.5) is 4.79 Å². The summed E-state index contributed by atoms with van der Waals surface area (Å²) in [7, 11) is 1.70. The Hall–Kier alpha value is -1.69. The van der Waals surface area contributed by atoms with E-state index in [1.54, 1.807) is 11.9 Å². The molecule has 5 nitrogen and oxygen atoms in total. The number of carbonyl (C=O) groups excluding carboxylic acids is 1. The van der Waals surface area contributed by atoms with Gasteiger partial charge in [0.05, 0.1) is 5.88 Å². The van der Waals surface area contributed by atoms with E-state index in [9.17, 15) is 9.59 Å². The van der Waals surface area contributed by atoms with Crippen molar-refractivity contribution in [1.82, 2.24) is 9.80 Å². The van der Waals surface area contributed by atoms with Crippen molar-refractivity contribution in [3.63, 3.8) is 0 Å². The number of hydrogen-bond donors (Lipinski definition) is 1. The molecule has 0 bridgehead atoms. The number of thioether (sulfide) groups is 1. The molecular formula is C14H18N2O3S. The minimum absolute atomic E-state index is 0.233. The van der Waals surface area contributed by atoms with E-state index >= 15 is 0 Å². The summed E-state index contributed by atoms with van der Waals surface area (Å²) < 4.78 is 0. The van der Waals surface area contributed by atoms with Crippen molar-refractivity contribution in [2.24, 2.45) is 0 Å². The maximum Gasteiger partial charge on any atom is 0.327 e. The third kappa shape index (κ3) is 3.25. The molecular weight excluding hydrogens is 276 g/mol. The second-order valence-electron chi connectivity index (χ2n) is 4.95. The van der Waals surface area contributed by atoms with Crippen molar-refractivity contribution >= 4 is 23.8 Å². The maximum absolute atomic E-state index is 12.3. The van der Waals surface area contributed by atoms with Gasteiger partial charge in [0.15, 0.2) is 0 Å². The topological polar surface area (TPSA) is 60.9 Å². The van der Waals surface area contributed by atoms with Crippen LogP contribution in [0.5, 0.6) is 0 Å². The number of aliphatic carboxylic acids is 1. The Balaban J connectivity index is 2.01. The largest absolute Gasteiger partial charge is 0.480 e. The van der Waals surface area contributed by atoms with E-state index in [-0.39, 0.29) is 6.03 Å². The Morgan fingerprint density at radius 1 is 1.40 bits per heavy atom. The summed E-state index contributed by atoms with van der Waals surface area (Å²) in [5.41, 5.74) is 2.20. The smallest absolute Gasteiger partial charge is 0.327 e. The average Bonchev–Trinajstić information content (AvgIpc) is 2.90. The summed E-state index contributed by atoms with van der Waals surface area (Å²) >= 11 is 1.47. The van der Waals surface area contributed by atoms with Gasteiger partial charge in [-0.2, -0.15) is 0 Å². The van der Waals surface area contributed by atoms with Crippen molar-refractivity contribution in [1.29, 1.82) is 0 Å². The standard InChI is InChI=1S/C14H18N2O3S/c1-10-3-5-11(6-4-10)7-15(2)14(19)16-9-20-8-12(16)13(17)18/h3-6,12H,7-9H2,1-2H3,(H,17,18)/t12-/m0/s1. The van der Waals surface area contributed by atoms with Crippen LogP contribution < -0.4 is 0 Å². The summed E-state index contributed by atoms with van der Waals surface area (Å²) in [6.45, 7) is 2.49. The normalized spacial score (nSPS) is 18.1. The highest BCUT2D eigenvalue weighted by Gasteiger charge is 2.35. The molecule has 1 saturated heterocycles. The summed E-state index contributed by atoms with van der Waals surface area (Å²) in [6.07, 6.45) is 0. The minimum Gasteiger partial charge on any atom is -0.480 e. The maximum atomic E-state index is 12.3. The van der Waals surface area contributed by atoms with Crippen LogP contribution in [0.3, 0.4) is 0 Å². The van der Waals surface area contributed by atoms with Crippen LogP contribution in [0.1, 0.15) is 11.1 Å². The molecule has 2 rings (SSSR count). The molecule has 0 aromatic heterocycles. The predicted octanol–water partition coefficient (Wildman–Crippen LogP) is 2.01. The molecule has 6 heteroatoms. The zero-order chi connectivity index (χ0) is 14.7. The third-order valence-corrected chi connectivity index (χ3v) is 4.29. The Morgan fingerprint density at radius 3 is 2.65 bits per heavy atom. The molecule has 0 unspecified atom stereocenters. The highest BCUT2D eigenvalue weighted by atomic mass is 32.2. The molecule has 2 amide bonds. The molecule has 0 aliphatic carbocycles. The fraction of sp³-hybridized carbons (Fsp3) is 0.429. The van der Waals surface area contributed by atoms with Crippen LogP contribution in [0.25, 0.3) is 0 Å². The molecule has 1 aliphatic rings. The van der Waals surface area contributed by atoms with Gasteiger partial charge in [0, 0.05) is 19.3 Å². The molecule has 1 aromatic rings. The lowest BCUT2D eigenvalue weighted by molar-refractivity contribution is -0.140. The molecule has 1 heterocycles. The molecule has 20 heavy (non-hydrogen) atoms. The number of amides is 2. The molecule has 1 aromatic carbocycles. The van der Waals surface area contributed by atoms with Gasteiger partial charge in [-0.05, 0) is 12.5 Å². The molecule has 1 N–H and O–H groups in total. The first-order valence-corrected chi connectivity index (χ1v) is 7.52. The van der Waals surface area contributed by atoms with Gasteiger partial charge in [-0.1, -0.05) is 29.8 Å². The first-order valence-electron chi connectivity index (χ1n) is 6.37. The van der Waals surface area contributed by atoms with E-state index < -0.39 is 12.0 Å².